The number of hydrogen-bond donors (Lipinski definition) is 1. The van der Waals surface area contributed by atoms with Crippen LogP contribution in [0.15, 0.2) is 16.5 Å². The molecule has 3 atom stereocenters. The average Bonchev–Trinajstić information content (AvgIpc) is 2.77. The molecule has 1 aliphatic rings. The van der Waals surface area contributed by atoms with Gasteiger partial charge in [-0.3, -0.25) is 0 Å². The van der Waals surface area contributed by atoms with Gasteiger partial charge < -0.3 is 14.5 Å². The maximum Gasteiger partial charge on any atom is 0.120 e. The highest BCUT2D eigenvalue weighted by Crippen LogP contribution is 2.22. The number of rotatable bonds is 5. The quantitative estimate of drug-likeness (QED) is 0.868. The summed E-state index contributed by atoms with van der Waals surface area (Å²) in [5, 5.41) is 3.66. The third-order valence-electron chi connectivity index (χ3n) is 3.65. The van der Waals surface area contributed by atoms with Crippen molar-refractivity contribution in [3.05, 3.63) is 23.7 Å². The van der Waals surface area contributed by atoms with E-state index < -0.39 is 0 Å². The molecule has 0 aromatic carbocycles. The summed E-state index contributed by atoms with van der Waals surface area (Å²) in [6.07, 6.45) is 5.03. The first-order valence-electron chi connectivity index (χ1n) is 7.13. The van der Waals surface area contributed by atoms with Crippen LogP contribution in [-0.4, -0.2) is 18.8 Å². The molecule has 1 aliphatic heterocycles. The van der Waals surface area contributed by atoms with E-state index in [0.717, 1.165) is 31.0 Å². The number of furan rings is 1. The van der Waals surface area contributed by atoms with Crippen LogP contribution in [0.4, 0.5) is 0 Å². The molecular weight excluding hydrogens is 226 g/mol. The summed E-state index contributed by atoms with van der Waals surface area (Å²) in [7, 11) is 0. The molecule has 3 heteroatoms. The van der Waals surface area contributed by atoms with E-state index in [0.29, 0.717) is 12.1 Å². The van der Waals surface area contributed by atoms with Gasteiger partial charge in [-0.2, -0.15) is 0 Å². The van der Waals surface area contributed by atoms with E-state index in [9.17, 15) is 0 Å². The van der Waals surface area contributed by atoms with Gasteiger partial charge in [0, 0.05) is 12.6 Å². The minimum absolute atomic E-state index is 0.282. The van der Waals surface area contributed by atoms with Crippen molar-refractivity contribution >= 4 is 0 Å². The van der Waals surface area contributed by atoms with Crippen molar-refractivity contribution in [2.45, 2.75) is 64.6 Å². The van der Waals surface area contributed by atoms with Gasteiger partial charge in [0.1, 0.15) is 11.5 Å². The predicted octanol–water partition coefficient (Wildman–Crippen LogP) is 3.59. The fourth-order valence-electron chi connectivity index (χ4n) is 2.68. The molecule has 0 amide bonds. The van der Waals surface area contributed by atoms with E-state index in [-0.39, 0.29) is 6.04 Å². The Morgan fingerprint density at radius 3 is 2.94 bits per heavy atom. The number of aryl methyl sites for hydroxylation is 1. The second kappa shape index (κ2) is 6.39. The van der Waals surface area contributed by atoms with Crippen LogP contribution < -0.4 is 5.32 Å². The van der Waals surface area contributed by atoms with Crippen molar-refractivity contribution in [3.8, 4) is 0 Å². The molecule has 1 N–H and O–H groups in total. The van der Waals surface area contributed by atoms with Crippen LogP contribution in [-0.2, 0) is 4.74 Å². The Morgan fingerprint density at radius 1 is 1.44 bits per heavy atom. The highest BCUT2D eigenvalue weighted by atomic mass is 16.5. The molecule has 0 radical (unpaired) electrons. The van der Waals surface area contributed by atoms with E-state index in [1.807, 2.05) is 13.0 Å². The van der Waals surface area contributed by atoms with Crippen LogP contribution in [0.3, 0.4) is 0 Å². The normalized spacial score (nSPS) is 26.2. The monoisotopic (exact) mass is 251 g/mol. The predicted molar refractivity (Wildman–Crippen MR) is 72.7 cm³/mol. The topological polar surface area (TPSA) is 34.4 Å². The second-order valence-electron chi connectivity index (χ2n) is 5.34. The third kappa shape index (κ3) is 3.59. The third-order valence-corrected chi connectivity index (χ3v) is 3.65. The molecule has 0 bridgehead atoms. The Hall–Kier alpha value is -0.800. The Bertz CT molecular complexity index is 359. The van der Waals surface area contributed by atoms with E-state index in [1.165, 1.54) is 12.8 Å². The summed E-state index contributed by atoms with van der Waals surface area (Å²) in [4.78, 5) is 0. The van der Waals surface area contributed by atoms with E-state index in [2.05, 4.69) is 25.2 Å². The molecule has 18 heavy (non-hydrogen) atoms. The molecular formula is C15H25NO2. The van der Waals surface area contributed by atoms with E-state index >= 15 is 0 Å². The van der Waals surface area contributed by atoms with Gasteiger partial charge in [-0.15, -0.1) is 0 Å². The molecule has 3 nitrogen and oxygen atoms in total. The molecule has 0 spiro atoms. The van der Waals surface area contributed by atoms with Gasteiger partial charge in [-0.25, -0.2) is 0 Å². The summed E-state index contributed by atoms with van der Waals surface area (Å²) < 4.78 is 11.4. The summed E-state index contributed by atoms with van der Waals surface area (Å²) in [5.74, 6) is 2.01. The first-order chi connectivity index (χ1) is 8.69. The van der Waals surface area contributed by atoms with Gasteiger partial charge in [-0.1, -0.05) is 13.3 Å². The minimum atomic E-state index is 0.282. The highest BCUT2D eigenvalue weighted by Gasteiger charge is 2.23. The summed E-state index contributed by atoms with van der Waals surface area (Å²) in [5.41, 5.74) is 0. The number of nitrogens with one attached hydrogen (secondary N) is 1. The standard InChI is InChI=1S/C15H25NO2/c1-4-5-14-10-13(8-9-17-14)16-12(3)15-7-6-11(2)18-15/h6-7,12-14,16H,4-5,8-10H2,1-3H3. The highest BCUT2D eigenvalue weighted by molar-refractivity contribution is 5.09. The van der Waals surface area contributed by atoms with Crippen LogP contribution in [0, 0.1) is 6.92 Å². The van der Waals surface area contributed by atoms with E-state index in [4.69, 9.17) is 9.15 Å². The maximum absolute atomic E-state index is 5.78. The Balaban J connectivity index is 1.85. The minimum Gasteiger partial charge on any atom is -0.465 e. The molecule has 1 fully saturated rings. The summed E-state index contributed by atoms with van der Waals surface area (Å²) in [6, 6.07) is 4.92. The zero-order valence-electron chi connectivity index (χ0n) is 11.7. The molecule has 0 aliphatic carbocycles. The van der Waals surface area contributed by atoms with Gasteiger partial charge in [0.05, 0.1) is 12.1 Å². The largest absolute Gasteiger partial charge is 0.465 e. The van der Waals surface area contributed by atoms with Crippen LogP contribution in [0.5, 0.6) is 0 Å². The van der Waals surface area contributed by atoms with Gasteiger partial charge >= 0.3 is 0 Å². The van der Waals surface area contributed by atoms with Gasteiger partial charge in [0.25, 0.3) is 0 Å². The Labute approximate surface area is 110 Å². The lowest BCUT2D eigenvalue weighted by Crippen LogP contribution is -2.40. The second-order valence-corrected chi connectivity index (χ2v) is 5.34. The lowest BCUT2D eigenvalue weighted by atomic mass is 9.99. The van der Waals surface area contributed by atoms with Crippen LogP contribution in [0.25, 0.3) is 0 Å². The molecule has 1 saturated heterocycles. The first kappa shape index (κ1) is 13.6. The van der Waals surface area contributed by atoms with Gasteiger partial charge in [0.15, 0.2) is 0 Å². The molecule has 0 saturated carbocycles. The average molecular weight is 251 g/mol. The molecule has 102 valence electrons. The van der Waals surface area contributed by atoms with Gasteiger partial charge in [-0.05, 0) is 45.2 Å². The first-order valence-corrected chi connectivity index (χ1v) is 7.13. The molecule has 1 aromatic rings. The van der Waals surface area contributed by atoms with Gasteiger partial charge in [0.2, 0.25) is 0 Å². The molecule has 2 rings (SSSR count). The van der Waals surface area contributed by atoms with Crippen molar-refractivity contribution in [1.29, 1.82) is 0 Å². The fraction of sp³-hybridized carbons (Fsp3) is 0.733. The SMILES string of the molecule is CCCC1CC(NC(C)c2ccc(C)o2)CCO1. The lowest BCUT2D eigenvalue weighted by molar-refractivity contribution is -0.00512. The molecule has 2 heterocycles. The zero-order chi connectivity index (χ0) is 13.0. The van der Waals surface area contributed by atoms with Crippen molar-refractivity contribution < 1.29 is 9.15 Å². The number of ether oxygens (including phenoxy) is 1. The summed E-state index contributed by atoms with van der Waals surface area (Å²) >= 11 is 0. The zero-order valence-corrected chi connectivity index (χ0v) is 11.7. The fourth-order valence-corrected chi connectivity index (χ4v) is 2.68. The van der Waals surface area contributed by atoms with Crippen LogP contribution in [0.2, 0.25) is 0 Å². The number of hydrogen-bond acceptors (Lipinski definition) is 3. The molecule has 3 unspecified atom stereocenters. The van der Waals surface area contributed by atoms with Crippen LogP contribution >= 0.6 is 0 Å². The van der Waals surface area contributed by atoms with E-state index in [1.54, 1.807) is 0 Å². The van der Waals surface area contributed by atoms with Crippen molar-refractivity contribution in [1.82, 2.24) is 5.32 Å². The van der Waals surface area contributed by atoms with Crippen LogP contribution in [0.1, 0.15) is 57.1 Å². The van der Waals surface area contributed by atoms with Crippen molar-refractivity contribution in [2.24, 2.45) is 0 Å². The maximum atomic E-state index is 5.78. The molecule has 1 aromatic heterocycles. The summed E-state index contributed by atoms with van der Waals surface area (Å²) in [6.45, 7) is 7.26. The Kier molecular flexibility index (Phi) is 4.84. The van der Waals surface area contributed by atoms with Crippen molar-refractivity contribution in [3.63, 3.8) is 0 Å². The Morgan fingerprint density at radius 2 is 2.28 bits per heavy atom. The smallest absolute Gasteiger partial charge is 0.120 e. The van der Waals surface area contributed by atoms with Crippen molar-refractivity contribution in [2.75, 3.05) is 6.61 Å². The lowest BCUT2D eigenvalue weighted by Gasteiger charge is -2.31.